The fourth-order valence-corrected chi connectivity index (χ4v) is 3.84. The van der Waals surface area contributed by atoms with Crippen LogP contribution in [0.15, 0.2) is 78.9 Å². The number of hydrogen-bond donors (Lipinski definition) is 1. The van der Waals surface area contributed by atoms with Crippen LogP contribution in [0.1, 0.15) is 23.6 Å². The van der Waals surface area contributed by atoms with Gasteiger partial charge in [0, 0.05) is 31.0 Å². The zero-order valence-corrected chi connectivity index (χ0v) is 17.1. The van der Waals surface area contributed by atoms with Gasteiger partial charge in [0.05, 0.1) is 25.1 Å². The van der Waals surface area contributed by atoms with Gasteiger partial charge in [-0.3, -0.25) is 9.59 Å². The topological polar surface area (TPSA) is 84.7 Å². The highest BCUT2D eigenvalue weighted by atomic mass is 16.5. The van der Waals surface area contributed by atoms with Crippen molar-refractivity contribution in [3.8, 4) is 5.75 Å². The van der Waals surface area contributed by atoms with Gasteiger partial charge in [0.15, 0.2) is 0 Å². The number of imidazole rings is 1. The molecule has 3 aromatic rings. The number of benzene rings is 2. The summed E-state index contributed by atoms with van der Waals surface area (Å²) in [5, 5.41) is 11.0. The van der Waals surface area contributed by atoms with Crippen molar-refractivity contribution >= 4 is 17.4 Å². The van der Waals surface area contributed by atoms with Gasteiger partial charge in [-0.25, -0.2) is 4.98 Å². The average molecular weight is 417 g/mol. The largest absolute Gasteiger partial charge is 0.507 e. The minimum absolute atomic E-state index is 0.101. The first-order valence-electron chi connectivity index (χ1n) is 10.0. The molecule has 1 saturated heterocycles. The molecule has 4 rings (SSSR count). The lowest BCUT2D eigenvalue weighted by Crippen LogP contribution is -2.31. The van der Waals surface area contributed by atoms with E-state index in [1.54, 1.807) is 48.8 Å². The molecule has 0 aliphatic carbocycles. The maximum absolute atomic E-state index is 13.0. The second-order valence-corrected chi connectivity index (χ2v) is 7.29. The van der Waals surface area contributed by atoms with E-state index in [2.05, 4.69) is 4.98 Å². The molecule has 0 spiro atoms. The second-order valence-electron chi connectivity index (χ2n) is 7.29. The van der Waals surface area contributed by atoms with Gasteiger partial charge in [0.25, 0.3) is 11.7 Å². The summed E-state index contributed by atoms with van der Waals surface area (Å²) in [4.78, 5) is 31.5. The summed E-state index contributed by atoms with van der Waals surface area (Å²) in [5.41, 5.74) is 1.33. The van der Waals surface area contributed by atoms with Crippen molar-refractivity contribution in [2.24, 2.45) is 0 Å². The van der Waals surface area contributed by atoms with Crippen LogP contribution >= 0.6 is 0 Å². The molecule has 1 aliphatic heterocycles. The highest BCUT2D eigenvalue weighted by Gasteiger charge is 2.45. The Morgan fingerprint density at radius 2 is 1.81 bits per heavy atom. The lowest BCUT2D eigenvalue weighted by molar-refractivity contribution is -0.139. The monoisotopic (exact) mass is 417 g/mol. The van der Waals surface area contributed by atoms with Crippen LogP contribution in [0.25, 0.3) is 5.76 Å². The van der Waals surface area contributed by atoms with E-state index in [1.807, 2.05) is 41.1 Å². The number of aromatic nitrogens is 2. The zero-order valence-electron chi connectivity index (χ0n) is 17.1. The Morgan fingerprint density at radius 3 is 2.45 bits per heavy atom. The number of carbonyl (C=O) groups excluding carboxylic acids is 2. The van der Waals surface area contributed by atoms with E-state index >= 15 is 0 Å². The molecule has 1 aromatic heterocycles. The van der Waals surface area contributed by atoms with Crippen LogP contribution in [-0.4, -0.2) is 44.9 Å². The second kappa shape index (κ2) is 8.87. The number of amides is 1. The van der Waals surface area contributed by atoms with Crippen LogP contribution in [0.2, 0.25) is 0 Å². The molecule has 1 aliphatic rings. The van der Waals surface area contributed by atoms with Crippen molar-refractivity contribution in [1.82, 2.24) is 14.5 Å². The molecule has 1 N–H and O–H groups in total. The standard InChI is InChI=1S/C24H23N3O4/c1-31-19-10-8-18(9-11-19)22(28)20-21(17-6-3-2-4-7-17)27(24(30)23(20)29)14-5-13-26-15-12-25-16-26/h2-4,6-12,15-16,21,28H,5,13-14H2,1H3/t21-/m0/s1. The first-order chi connectivity index (χ1) is 15.1. The van der Waals surface area contributed by atoms with Gasteiger partial charge in [0.2, 0.25) is 0 Å². The molecule has 2 heterocycles. The molecule has 1 atom stereocenters. The number of likely N-dealkylation sites (tertiary alicyclic amines) is 1. The highest BCUT2D eigenvalue weighted by Crippen LogP contribution is 2.39. The molecule has 1 fully saturated rings. The van der Waals surface area contributed by atoms with E-state index in [4.69, 9.17) is 4.74 Å². The Balaban J connectivity index is 1.70. The summed E-state index contributed by atoms with van der Waals surface area (Å²) < 4.78 is 7.08. The van der Waals surface area contributed by atoms with Gasteiger partial charge in [-0.1, -0.05) is 30.3 Å². The molecular weight excluding hydrogens is 394 g/mol. The van der Waals surface area contributed by atoms with E-state index in [-0.39, 0.29) is 11.3 Å². The Bertz CT molecular complexity index is 1090. The van der Waals surface area contributed by atoms with Crippen LogP contribution in [0.5, 0.6) is 5.75 Å². The van der Waals surface area contributed by atoms with Crippen molar-refractivity contribution in [2.75, 3.05) is 13.7 Å². The minimum Gasteiger partial charge on any atom is -0.507 e. The maximum atomic E-state index is 13.0. The summed E-state index contributed by atoms with van der Waals surface area (Å²) in [6.07, 6.45) is 5.92. The number of ketones is 1. The Labute approximate surface area is 180 Å². The van der Waals surface area contributed by atoms with Crippen LogP contribution in [0.3, 0.4) is 0 Å². The van der Waals surface area contributed by atoms with Crippen LogP contribution in [0.4, 0.5) is 0 Å². The van der Waals surface area contributed by atoms with Gasteiger partial charge in [-0.2, -0.15) is 0 Å². The van der Waals surface area contributed by atoms with Gasteiger partial charge >= 0.3 is 0 Å². The lowest BCUT2D eigenvalue weighted by atomic mass is 9.95. The summed E-state index contributed by atoms with van der Waals surface area (Å²) in [6.45, 7) is 1.05. The van der Waals surface area contributed by atoms with Crippen molar-refractivity contribution in [3.63, 3.8) is 0 Å². The maximum Gasteiger partial charge on any atom is 0.295 e. The number of Topliss-reactive ketones (excluding diaryl/α,β-unsaturated/α-hetero) is 1. The fourth-order valence-electron chi connectivity index (χ4n) is 3.84. The van der Waals surface area contributed by atoms with Crippen LogP contribution in [-0.2, 0) is 16.1 Å². The van der Waals surface area contributed by atoms with Gasteiger partial charge < -0.3 is 19.3 Å². The number of aryl methyl sites for hydroxylation is 1. The van der Waals surface area contributed by atoms with Gasteiger partial charge in [-0.05, 0) is 36.2 Å². The Morgan fingerprint density at radius 1 is 1.06 bits per heavy atom. The van der Waals surface area contributed by atoms with Crippen LogP contribution in [0, 0.1) is 0 Å². The van der Waals surface area contributed by atoms with Crippen molar-refractivity contribution in [1.29, 1.82) is 0 Å². The average Bonchev–Trinajstić information content (AvgIpc) is 3.41. The Kier molecular flexibility index (Phi) is 5.84. The number of ether oxygens (including phenoxy) is 1. The minimum atomic E-state index is -0.676. The third-order valence-electron chi connectivity index (χ3n) is 5.39. The number of aliphatic hydroxyl groups excluding tert-OH is 1. The van der Waals surface area contributed by atoms with Crippen molar-refractivity contribution in [3.05, 3.63) is 90.0 Å². The first-order valence-corrected chi connectivity index (χ1v) is 10.0. The molecule has 158 valence electrons. The lowest BCUT2D eigenvalue weighted by Gasteiger charge is -2.25. The summed E-state index contributed by atoms with van der Waals surface area (Å²) in [6, 6.07) is 15.4. The number of hydrogen-bond acceptors (Lipinski definition) is 5. The predicted octanol–water partition coefficient (Wildman–Crippen LogP) is 3.40. The first kappa shape index (κ1) is 20.4. The fraction of sp³-hybridized carbons (Fsp3) is 0.208. The summed E-state index contributed by atoms with van der Waals surface area (Å²) in [7, 11) is 1.56. The number of aliphatic hydroxyl groups is 1. The molecule has 0 saturated carbocycles. The van der Waals surface area contributed by atoms with E-state index in [0.717, 1.165) is 5.56 Å². The summed E-state index contributed by atoms with van der Waals surface area (Å²) >= 11 is 0. The molecular formula is C24H23N3O4. The van der Waals surface area contributed by atoms with E-state index < -0.39 is 17.7 Å². The third kappa shape index (κ3) is 4.07. The van der Waals surface area contributed by atoms with E-state index in [9.17, 15) is 14.7 Å². The number of carbonyl (C=O) groups is 2. The number of methoxy groups -OCH3 is 1. The predicted molar refractivity (Wildman–Crippen MR) is 115 cm³/mol. The molecule has 1 amide bonds. The Hall–Kier alpha value is -3.87. The SMILES string of the molecule is COc1ccc(C(O)=C2C(=O)C(=O)N(CCCn3ccnc3)[C@H]2c2ccccc2)cc1. The highest BCUT2D eigenvalue weighted by molar-refractivity contribution is 6.46. The van der Waals surface area contributed by atoms with Crippen molar-refractivity contribution in [2.45, 2.75) is 19.0 Å². The molecule has 0 unspecified atom stereocenters. The smallest absolute Gasteiger partial charge is 0.295 e. The number of nitrogens with zero attached hydrogens (tertiary/aromatic N) is 3. The van der Waals surface area contributed by atoms with Gasteiger partial charge in [-0.15, -0.1) is 0 Å². The third-order valence-corrected chi connectivity index (χ3v) is 5.39. The summed E-state index contributed by atoms with van der Waals surface area (Å²) in [5.74, 6) is -0.831. The molecule has 7 heteroatoms. The van der Waals surface area contributed by atoms with E-state index in [1.165, 1.54) is 0 Å². The molecule has 7 nitrogen and oxygen atoms in total. The van der Waals surface area contributed by atoms with Gasteiger partial charge in [0.1, 0.15) is 11.5 Å². The molecule has 2 aromatic carbocycles. The quantitative estimate of drug-likeness (QED) is 0.362. The normalized spacial score (nSPS) is 17.8. The van der Waals surface area contributed by atoms with E-state index in [0.29, 0.717) is 30.8 Å². The number of rotatable bonds is 7. The zero-order chi connectivity index (χ0) is 21.8. The van der Waals surface area contributed by atoms with Crippen LogP contribution < -0.4 is 4.74 Å². The molecule has 31 heavy (non-hydrogen) atoms. The molecule has 0 bridgehead atoms. The molecule has 0 radical (unpaired) electrons. The van der Waals surface area contributed by atoms with Crippen molar-refractivity contribution < 1.29 is 19.4 Å².